The molecule has 25 heavy (non-hydrogen) atoms. The summed E-state index contributed by atoms with van der Waals surface area (Å²) in [6.45, 7) is 0. The largest absolute Gasteiger partial charge is 0.417 e. The lowest BCUT2D eigenvalue weighted by Crippen LogP contribution is -2.16. The van der Waals surface area contributed by atoms with E-state index < -0.39 is 23.5 Å². The summed E-state index contributed by atoms with van der Waals surface area (Å²) in [7, 11) is 0. The van der Waals surface area contributed by atoms with Gasteiger partial charge in [0.2, 0.25) is 5.82 Å². The van der Waals surface area contributed by atoms with Gasteiger partial charge in [-0.05, 0) is 30.3 Å². The monoisotopic (exact) mass is 359 g/mol. The van der Waals surface area contributed by atoms with Crippen LogP contribution < -0.4 is 0 Å². The van der Waals surface area contributed by atoms with E-state index in [0.29, 0.717) is 17.7 Å². The first-order valence-electron chi connectivity index (χ1n) is 6.69. The zero-order chi connectivity index (χ0) is 18.2. The summed E-state index contributed by atoms with van der Waals surface area (Å²) < 4.78 is 82.1. The smallest absolute Gasteiger partial charge is 0.334 e. The van der Waals surface area contributed by atoms with Crippen LogP contribution in [0.4, 0.5) is 26.3 Å². The minimum Gasteiger partial charge on any atom is -0.334 e. The van der Waals surface area contributed by atoms with Gasteiger partial charge < -0.3 is 4.52 Å². The molecular weight excluding hydrogens is 352 g/mol. The summed E-state index contributed by atoms with van der Waals surface area (Å²) in [6, 6.07) is 4.62. The van der Waals surface area contributed by atoms with Crippen molar-refractivity contribution < 1.29 is 30.9 Å². The maximum atomic E-state index is 13.0. The second-order valence-electron chi connectivity index (χ2n) is 4.91. The number of rotatable bonds is 2. The minimum atomic E-state index is -5.19. The third-order valence-corrected chi connectivity index (χ3v) is 3.24. The average Bonchev–Trinajstić information content (AvgIpc) is 3.03. The van der Waals surface area contributed by atoms with Crippen LogP contribution in [0.2, 0.25) is 0 Å². The fourth-order valence-electron chi connectivity index (χ4n) is 2.12. The molecule has 0 radical (unpaired) electrons. The SMILES string of the molecule is FC(F)(F)c1ccc(-c2nc(-c3ccncc3)no2)cc1C(F)(F)F. The van der Waals surface area contributed by atoms with E-state index in [4.69, 9.17) is 4.52 Å². The van der Waals surface area contributed by atoms with Gasteiger partial charge in [0.05, 0.1) is 11.1 Å². The third-order valence-electron chi connectivity index (χ3n) is 3.24. The maximum Gasteiger partial charge on any atom is 0.417 e. The van der Waals surface area contributed by atoms with Crippen LogP contribution in [0, 0.1) is 0 Å². The summed E-state index contributed by atoms with van der Waals surface area (Å²) in [5.41, 5.74) is -3.38. The predicted molar refractivity (Wildman–Crippen MR) is 73.0 cm³/mol. The molecule has 0 fully saturated rings. The van der Waals surface area contributed by atoms with Crippen LogP contribution in [-0.4, -0.2) is 15.1 Å². The highest BCUT2D eigenvalue weighted by Gasteiger charge is 2.43. The summed E-state index contributed by atoms with van der Waals surface area (Å²) in [5.74, 6) is -0.253. The molecule has 0 unspecified atom stereocenters. The van der Waals surface area contributed by atoms with Gasteiger partial charge in [0.1, 0.15) is 0 Å². The van der Waals surface area contributed by atoms with Crippen LogP contribution in [0.1, 0.15) is 11.1 Å². The molecular formula is C15H7F6N3O. The molecule has 3 rings (SSSR count). The van der Waals surface area contributed by atoms with Crippen LogP contribution in [0.25, 0.3) is 22.8 Å². The number of halogens is 6. The normalized spacial score (nSPS) is 12.4. The molecule has 0 aliphatic rings. The molecule has 0 saturated carbocycles. The zero-order valence-corrected chi connectivity index (χ0v) is 12.1. The first-order chi connectivity index (χ1) is 11.7. The Hall–Kier alpha value is -2.91. The minimum absolute atomic E-state index is 0.0749. The molecule has 0 aliphatic heterocycles. The molecule has 0 amide bonds. The van der Waals surface area contributed by atoms with Crippen LogP contribution in [0.3, 0.4) is 0 Å². The number of benzene rings is 1. The highest BCUT2D eigenvalue weighted by molar-refractivity contribution is 5.61. The van der Waals surface area contributed by atoms with E-state index in [0.717, 1.165) is 6.07 Å². The van der Waals surface area contributed by atoms with Crippen LogP contribution in [-0.2, 0) is 12.4 Å². The third kappa shape index (κ3) is 3.47. The Labute approximate surface area is 136 Å². The van der Waals surface area contributed by atoms with E-state index in [-0.39, 0.29) is 17.3 Å². The quantitative estimate of drug-likeness (QED) is 0.615. The Morgan fingerprint density at radius 2 is 1.40 bits per heavy atom. The van der Waals surface area contributed by atoms with Crippen LogP contribution in [0.5, 0.6) is 0 Å². The highest BCUT2D eigenvalue weighted by atomic mass is 19.4. The first kappa shape index (κ1) is 16.9. The van der Waals surface area contributed by atoms with Crippen molar-refractivity contribution in [2.24, 2.45) is 0 Å². The fourth-order valence-corrected chi connectivity index (χ4v) is 2.12. The van der Waals surface area contributed by atoms with E-state index >= 15 is 0 Å². The molecule has 2 aromatic heterocycles. The molecule has 0 atom stereocenters. The van der Waals surface area contributed by atoms with Gasteiger partial charge in [-0.2, -0.15) is 31.3 Å². The van der Waals surface area contributed by atoms with Crippen molar-refractivity contribution >= 4 is 0 Å². The molecule has 0 aliphatic carbocycles. The Kier molecular flexibility index (Phi) is 3.97. The highest BCUT2D eigenvalue weighted by Crippen LogP contribution is 2.41. The second kappa shape index (κ2) is 5.87. The summed E-state index contributed by atoms with van der Waals surface area (Å²) in [4.78, 5) is 7.70. The van der Waals surface area contributed by atoms with Gasteiger partial charge in [0.15, 0.2) is 0 Å². The van der Waals surface area contributed by atoms with Gasteiger partial charge in [-0.1, -0.05) is 5.16 Å². The molecule has 0 saturated heterocycles. The van der Waals surface area contributed by atoms with Gasteiger partial charge in [-0.3, -0.25) is 4.98 Å². The predicted octanol–water partition coefficient (Wildman–Crippen LogP) is 4.84. The van der Waals surface area contributed by atoms with Crippen LogP contribution in [0.15, 0.2) is 47.2 Å². The topological polar surface area (TPSA) is 51.8 Å². The number of hydrogen-bond donors (Lipinski definition) is 0. The lowest BCUT2D eigenvalue weighted by atomic mass is 10.0. The maximum absolute atomic E-state index is 13.0. The van der Waals surface area contributed by atoms with Crippen molar-refractivity contribution in [2.45, 2.75) is 12.4 Å². The Morgan fingerprint density at radius 3 is 2.00 bits per heavy atom. The van der Waals surface area contributed by atoms with Crippen molar-refractivity contribution in [3.63, 3.8) is 0 Å². The van der Waals surface area contributed by atoms with E-state index in [1.165, 1.54) is 12.4 Å². The van der Waals surface area contributed by atoms with Crippen molar-refractivity contribution in [1.82, 2.24) is 15.1 Å². The van der Waals surface area contributed by atoms with E-state index in [1.54, 1.807) is 12.1 Å². The van der Waals surface area contributed by atoms with E-state index in [1.807, 2.05) is 0 Å². The Morgan fingerprint density at radius 1 is 0.760 bits per heavy atom. The first-order valence-corrected chi connectivity index (χ1v) is 6.69. The summed E-state index contributed by atoms with van der Waals surface area (Å²) >= 11 is 0. The van der Waals surface area contributed by atoms with Gasteiger partial charge in [0, 0.05) is 23.5 Å². The Bertz CT molecular complexity index is 886. The standard InChI is InChI=1S/C15H7F6N3O/c16-14(17,18)10-2-1-9(7-11(10)15(19,20)21)13-23-12(24-25-13)8-3-5-22-6-4-8/h1-7H. The number of pyridine rings is 1. The number of alkyl halides is 6. The lowest BCUT2D eigenvalue weighted by Gasteiger charge is -2.15. The van der Waals surface area contributed by atoms with E-state index in [2.05, 4.69) is 15.1 Å². The molecule has 0 N–H and O–H groups in total. The number of hydrogen-bond acceptors (Lipinski definition) is 4. The summed E-state index contributed by atoms with van der Waals surface area (Å²) in [6.07, 6.45) is -7.42. The van der Waals surface area contributed by atoms with Gasteiger partial charge >= 0.3 is 12.4 Å². The van der Waals surface area contributed by atoms with Gasteiger partial charge in [0.25, 0.3) is 5.89 Å². The molecule has 3 aromatic rings. The number of aromatic nitrogens is 3. The molecule has 1 aromatic carbocycles. The van der Waals surface area contributed by atoms with Crippen molar-refractivity contribution in [2.75, 3.05) is 0 Å². The second-order valence-corrected chi connectivity index (χ2v) is 4.91. The van der Waals surface area contributed by atoms with Gasteiger partial charge in [-0.15, -0.1) is 0 Å². The van der Waals surface area contributed by atoms with Crippen molar-refractivity contribution in [1.29, 1.82) is 0 Å². The molecule has 130 valence electrons. The molecule has 0 spiro atoms. The molecule has 10 heteroatoms. The van der Waals surface area contributed by atoms with Crippen LogP contribution >= 0.6 is 0 Å². The average molecular weight is 359 g/mol. The number of nitrogens with zero attached hydrogens (tertiary/aromatic N) is 3. The lowest BCUT2D eigenvalue weighted by molar-refractivity contribution is -0.162. The van der Waals surface area contributed by atoms with Crippen molar-refractivity contribution in [3.05, 3.63) is 53.9 Å². The molecule has 2 heterocycles. The Balaban J connectivity index is 2.06. The molecule has 0 bridgehead atoms. The van der Waals surface area contributed by atoms with E-state index in [9.17, 15) is 26.3 Å². The fraction of sp³-hybridized carbons (Fsp3) is 0.133. The van der Waals surface area contributed by atoms with Gasteiger partial charge in [-0.25, -0.2) is 0 Å². The van der Waals surface area contributed by atoms with Crippen molar-refractivity contribution in [3.8, 4) is 22.8 Å². The zero-order valence-electron chi connectivity index (χ0n) is 12.1. The summed E-state index contributed by atoms with van der Waals surface area (Å²) in [5, 5.41) is 3.61. The molecule has 4 nitrogen and oxygen atoms in total.